The van der Waals surface area contributed by atoms with Crippen LogP contribution in [0.5, 0.6) is 0 Å². The SMILES string of the molecule is [2H]C([2H])([2H])n1ccc2cc(C(=O)OC)ccc21. The van der Waals surface area contributed by atoms with Gasteiger partial charge < -0.3 is 9.30 Å². The average Bonchev–Trinajstić information content (AvgIpc) is 2.70. The van der Waals surface area contributed by atoms with E-state index in [0.717, 1.165) is 0 Å². The van der Waals surface area contributed by atoms with Gasteiger partial charge in [0.05, 0.1) is 12.7 Å². The topological polar surface area (TPSA) is 31.2 Å². The Morgan fingerprint density at radius 3 is 3.07 bits per heavy atom. The maximum Gasteiger partial charge on any atom is 0.337 e. The van der Waals surface area contributed by atoms with Crippen LogP contribution >= 0.6 is 0 Å². The zero-order valence-electron chi connectivity index (χ0n) is 10.7. The molecule has 1 aromatic carbocycles. The van der Waals surface area contributed by atoms with Crippen LogP contribution in [0.25, 0.3) is 10.9 Å². The Morgan fingerprint density at radius 1 is 1.50 bits per heavy atom. The van der Waals surface area contributed by atoms with Crippen molar-refractivity contribution in [2.75, 3.05) is 7.11 Å². The molecule has 2 aromatic rings. The molecule has 0 saturated carbocycles. The lowest BCUT2D eigenvalue weighted by molar-refractivity contribution is 0.0601. The molecule has 3 nitrogen and oxygen atoms in total. The number of esters is 1. The van der Waals surface area contributed by atoms with Crippen molar-refractivity contribution in [2.24, 2.45) is 6.98 Å². The van der Waals surface area contributed by atoms with Gasteiger partial charge in [-0.2, -0.15) is 0 Å². The van der Waals surface area contributed by atoms with E-state index in [4.69, 9.17) is 4.11 Å². The Balaban J connectivity index is 2.56. The summed E-state index contributed by atoms with van der Waals surface area (Å²) in [4.78, 5) is 11.3. The molecule has 14 heavy (non-hydrogen) atoms. The van der Waals surface area contributed by atoms with Gasteiger partial charge in [0.2, 0.25) is 0 Å². The molecule has 0 aliphatic rings. The molecule has 0 aliphatic heterocycles. The first-order valence-corrected chi connectivity index (χ1v) is 4.13. The minimum atomic E-state index is -2.21. The second-order valence-electron chi connectivity index (χ2n) is 2.95. The first-order valence-electron chi connectivity index (χ1n) is 5.63. The fourth-order valence-corrected chi connectivity index (χ4v) is 1.39. The van der Waals surface area contributed by atoms with Gasteiger partial charge in [-0.3, -0.25) is 0 Å². The standard InChI is InChI=1S/C11H11NO2/c1-12-6-5-8-7-9(11(13)14-2)3-4-10(8)12/h3-7H,1-2H3/i1D3. The number of aryl methyl sites for hydroxylation is 1. The van der Waals surface area contributed by atoms with E-state index in [1.807, 2.05) is 0 Å². The number of hydrogen-bond donors (Lipinski definition) is 0. The highest BCUT2D eigenvalue weighted by Crippen LogP contribution is 2.16. The Morgan fingerprint density at radius 2 is 2.36 bits per heavy atom. The van der Waals surface area contributed by atoms with Gasteiger partial charge in [0, 0.05) is 28.2 Å². The predicted molar refractivity (Wildman–Crippen MR) is 54.3 cm³/mol. The van der Waals surface area contributed by atoms with Crippen LogP contribution in [0.2, 0.25) is 0 Å². The smallest absolute Gasteiger partial charge is 0.337 e. The quantitative estimate of drug-likeness (QED) is 0.647. The first-order chi connectivity index (χ1) is 7.93. The molecule has 0 radical (unpaired) electrons. The molecule has 2 rings (SSSR count). The summed E-state index contributed by atoms with van der Waals surface area (Å²) in [6.07, 6.45) is 1.48. The molecule has 0 aliphatic carbocycles. The number of fused-ring (bicyclic) bond motifs is 1. The van der Waals surface area contributed by atoms with Crippen LogP contribution in [0, 0.1) is 0 Å². The largest absolute Gasteiger partial charge is 0.465 e. The van der Waals surface area contributed by atoms with Crippen LogP contribution in [0.1, 0.15) is 14.5 Å². The molecule has 1 aromatic heterocycles. The highest BCUT2D eigenvalue weighted by molar-refractivity contribution is 5.94. The van der Waals surface area contributed by atoms with Crippen molar-refractivity contribution in [1.29, 1.82) is 0 Å². The fraction of sp³-hybridized carbons (Fsp3) is 0.182. The number of aromatic nitrogens is 1. The third kappa shape index (κ3) is 1.27. The van der Waals surface area contributed by atoms with Crippen molar-refractivity contribution in [3.8, 4) is 0 Å². The number of hydrogen-bond acceptors (Lipinski definition) is 2. The van der Waals surface area contributed by atoms with Crippen molar-refractivity contribution in [3.63, 3.8) is 0 Å². The Hall–Kier alpha value is -1.77. The van der Waals surface area contributed by atoms with Gasteiger partial charge in [0.15, 0.2) is 0 Å². The van der Waals surface area contributed by atoms with Crippen molar-refractivity contribution in [3.05, 3.63) is 36.0 Å². The van der Waals surface area contributed by atoms with Gasteiger partial charge in [-0.15, -0.1) is 0 Å². The molecule has 3 heteroatoms. The lowest BCUT2D eigenvalue weighted by Crippen LogP contribution is -2.00. The van der Waals surface area contributed by atoms with E-state index in [1.165, 1.54) is 17.9 Å². The van der Waals surface area contributed by atoms with Crippen molar-refractivity contribution in [2.45, 2.75) is 0 Å². The highest BCUT2D eigenvalue weighted by atomic mass is 16.5. The summed E-state index contributed by atoms with van der Waals surface area (Å²) < 4.78 is 27.9. The summed E-state index contributed by atoms with van der Waals surface area (Å²) in [5, 5.41) is 0.698. The molecular weight excluding hydrogens is 178 g/mol. The van der Waals surface area contributed by atoms with Crippen LogP contribution in [0.15, 0.2) is 30.5 Å². The molecule has 72 valence electrons. The summed E-state index contributed by atoms with van der Waals surface area (Å²) in [5.74, 6) is -0.437. The molecule has 0 unspecified atom stereocenters. The Bertz CT molecular complexity index is 572. The zero-order valence-corrected chi connectivity index (χ0v) is 7.65. The predicted octanol–water partition coefficient (Wildman–Crippen LogP) is 1.96. The van der Waals surface area contributed by atoms with E-state index in [-0.39, 0.29) is 0 Å². The van der Waals surface area contributed by atoms with E-state index >= 15 is 0 Å². The summed E-state index contributed by atoms with van der Waals surface area (Å²) >= 11 is 0. The minimum Gasteiger partial charge on any atom is -0.465 e. The van der Waals surface area contributed by atoms with Crippen molar-refractivity contribution in [1.82, 2.24) is 4.57 Å². The molecular formula is C11H11NO2. The number of carbonyl (C=O) groups excluding carboxylic acids is 1. The van der Waals surface area contributed by atoms with E-state index < -0.39 is 12.9 Å². The zero-order chi connectivity index (χ0) is 12.6. The number of ether oxygens (including phenoxy) is 1. The summed E-state index contributed by atoms with van der Waals surface area (Å²) in [7, 11) is 1.31. The van der Waals surface area contributed by atoms with Crippen LogP contribution in [0.3, 0.4) is 0 Å². The van der Waals surface area contributed by atoms with Crippen LogP contribution in [-0.4, -0.2) is 17.6 Å². The van der Waals surface area contributed by atoms with E-state index in [1.54, 1.807) is 24.3 Å². The van der Waals surface area contributed by atoms with Gasteiger partial charge in [-0.25, -0.2) is 4.79 Å². The van der Waals surface area contributed by atoms with Gasteiger partial charge in [-0.1, -0.05) is 0 Å². The molecule has 1 heterocycles. The van der Waals surface area contributed by atoms with Crippen LogP contribution < -0.4 is 0 Å². The first kappa shape index (κ1) is 5.86. The second kappa shape index (κ2) is 3.18. The van der Waals surface area contributed by atoms with Gasteiger partial charge in [-0.05, 0) is 24.3 Å². The molecule has 0 amide bonds. The monoisotopic (exact) mass is 192 g/mol. The van der Waals surface area contributed by atoms with Crippen LogP contribution in [-0.2, 0) is 11.7 Å². The Labute approximate surface area is 86.1 Å². The number of methoxy groups -OCH3 is 1. The minimum absolute atomic E-state index is 0.406. The molecule has 0 fully saturated rings. The molecule has 0 spiro atoms. The summed E-state index contributed by atoms with van der Waals surface area (Å²) in [5.41, 5.74) is 0.973. The highest BCUT2D eigenvalue weighted by Gasteiger charge is 2.06. The van der Waals surface area contributed by atoms with Gasteiger partial charge >= 0.3 is 5.97 Å². The molecule has 0 bridgehead atoms. The lowest BCUT2D eigenvalue weighted by atomic mass is 10.1. The van der Waals surface area contributed by atoms with Gasteiger partial charge in [0.25, 0.3) is 0 Å². The number of nitrogens with zero attached hydrogens (tertiary/aromatic N) is 1. The number of carbonyl (C=O) groups is 1. The van der Waals surface area contributed by atoms with Crippen molar-refractivity contribution >= 4 is 16.9 Å². The third-order valence-corrected chi connectivity index (χ3v) is 2.11. The maximum atomic E-state index is 11.3. The second-order valence-corrected chi connectivity index (χ2v) is 2.95. The maximum absolute atomic E-state index is 11.3. The lowest BCUT2D eigenvalue weighted by Gasteiger charge is -2.00. The summed E-state index contributed by atoms with van der Waals surface area (Å²) in [6.45, 7) is -2.21. The number of rotatable bonds is 1. The van der Waals surface area contributed by atoms with E-state index in [9.17, 15) is 4.79 Å². The molecule has 0 N–H and O–H groups in total. The molecule has 0 saturated heterocycles. The summed E-state index contributed by atoms with van der Waals surface area (Å²) in [6, 6.07) is 6.43. The normalized spacial score (nSPS) is 14.5. The average molecular weight is 192 g/mol. The van der Waals surface area contributed by atoms with Crippen molar-refractivity contribution < 1.29 is 13.6 Å². The third-order valence-electron chi connectivity index (χ3n) is 2.11. The Kier molecular flexibility index (Phi) is 1.33. The molecule has 0 atom stereocenters. The fourth-order valence-electron chi connectivity index (χ4n) is 1.39. The number of benzene rings is 1. The van der Waals surface area contributed by atoms with Gasteiger partial charge in [0.1, 0.15) is 0 Å². The van der Waals surface area contributed by atoms with E-state index in [0.29, 0.717) is 16.5 Å². The van der Waals surface area contributed by atoms with E-state index in [2.05, 4.69) is 4.74 Å². The van der Waals surface area contributed by atoms with Crippen LogP contribution in [0.4, 0.5) is 0 Å².